The molecular formula is C15H16BrN3O2S2. The topological polar surface area (TPSA) is 64.6 Å². The van der Waals surface area contributed by atoms with E-state index in [0.29, 0.717) is 11.4 Å². The first kappa shape index (κ1) is 16.6. The van der Waals surface area contributed by atoms with E-state index in [-0.39, 0.29) is 11.8 Å². The summed E-state index contributed by atoms with van der Waals surface area (Å²) >= 11 is 6.37. The molecule has 23 heavy (non-hydrogen) atoms. The van der Waals surface area contributed by atoms with Crippen LogP contribution in [0.15, 0.2) is 38.3 Å². The van der Waals surface area contributed by atoms with Crippen LogP contribution in [0.1, 0.15) is 12.8 Å². The molecular weight excluding hydrogens is 398 g/mol. The van der Waals surface area contributed by atoms with Crippen molar-refractivity contribution in [1.29, 1.82) is 0 Å². The normalized spacial score (nSPS) is 14.8. The number of hydrogen-bond donors (Lipinski definition) is 3. The summed E-state index contributed by atoms with van der Waals surface area (Å²) in [5.74, 6) is 0.133. The number of nitrogens with zero attached hydrogens (tertiary/aromatic N) is 1. The molecule has 1 aliphatic rings. The Morgan fingerprint density at radius 3 is 2.65 bits per heavy atom. The lowest BCUT2D eigenvalue weighted by Gasteiger charge is -2.12. The molecule has 0 atom stereocenters. The van der Waals surface area contributed by atoms with Gasteiger partial charge in [-0.15, -0.1) is 11.3 Å². The van der Waals surface area contributed by atoms with Gasteiger partial charge in [-0.05, 0) is 52.9 Å². The third kappa shape index (κ3) is 4.20. The standard InChI is InChI=1S/C15H16BrN3O2S2/c16-10-5-1-2-6-11(10)17-15(21)18-12-9-22-14(13(12)20)23-19-7-3-4-8-19/h1-2,5-6,9,20H,3-4,7-8H2,(H2,17,18,21). The Labute approximate surface area is 151 Å². The Hall–Kier alpha value is -1.22. The van der Waals surface area contributed by atoms with Crippen molar-refractivity contribution in [3.05, 3.63) is 34.1 Å². The lowest BCUT2D eigenvalue weighted by molar-refractivity contribution is 0.262. The largest absolute Gasteiger partial charge is 0.504 e. The van der Waals surface area contributed by atoms with E-state index in [1.807, 2.05) is 18.2 Å². The molecule has 1 fully saturated rings. The Balaban J connectivity index is 1.62. The molecule has 8 heteroatoms. The smallest absolute Gasteiger partial charge is 0.323 e. The van der Waals surface area contributed by atoms with Gasteiger partial charge >= 0.3 is 6.03 Å². The van der Waals surface area contributed by atoms with Crippen LogP contribution < -0.4 is 10.6 Å². The van der Waals surface area contributed by atoms with Crippen LogP contribution in [0.2, 0.25) is 0 Å². The van der Waals surface area contributed by atoms with Crippen molar-refractivity contribution in [3.63, 3.8) is 0 Å². The van der Waals surface area contributed by atoms with Crippen LogP contribution in [0.25, 0.3) is 0 Å². The number of para-hydroxylation sites is 1. The van der Waals surface area contributed by atoms with E-state index in [1.165, 1.54) is 24.2 Å². The van der Waals surface area contributed by atoms with Crippen LogP contribution in [-0.4, -0.2) is 28.5 Å². The van der Waals surface area contributed by atoms with Gasteiger partial charge in [0.1, 0.15) is 4.21 Å². The fourth-order valence-electron chi connectivity index (χ4n) is 2.22. The first-order valence-corrected chi connectivity index (χ1v) is 9.64. The second-order valence-electron chi connectivity index (χ2n) is 5.07. The molecule has 5 nitrogen and oxygen atoms in total. The number of carbonyl (C=O) groups is 1. The molecule has 0 radical (unpaired) electrons. The minimum Gasteiger partial charge on any atom is -0.504 e. The highest BCUT2D eigenvalue weighted by Gasteiger charge is 2.19. The van der Waals surface area contributed by atoms with Gasteiger partial charge in [-0.25, -0.2) is 9.10 Å². The van der Waals surface area contributed by atoms with E-state index >= 15 is 0 Å². The third-order valence-electron chi connectivity index (χ3n) is 3.38. The van der Waals surface area contributed by atoms with Crippen LogP contribution in [0.3, 0.4) is 0 Å². The van der Waals surface area contributed by atoms with Crippen LogP contribution >= 0.6 is 39.2 Å². The Kier molecular flexibility index (Phi) is 5.47. The van der Waals surface area contributed by atoms with Crippen molar-refractivity contribution in [2.45, 2.75) is 17.1 Å². The quantitative estimate of drug-likeness (QED) is 0.619. The van der Waals surface area contributed by atoms with Crippen LogP contribution in [0.4, 0.5) is 16.2 Å². The lowest BCUT2D eigenvalue weighted by atomic mass is 10.3. The molecule has 1 aromatic carbocycles. The number of carbonyl (C=O) groups excluding carboxylic acids is 1. The summed E-state index contributed by atoms with van der Waals surface area (Å²) in [5.41, 5.74) is 1.10. The van der Waals surface area contributed by atoms with Gasteiger partial charge in [0.15, 0.2) is 5.75 Å². The van der Waals surface area contributed by atoms with Crippen molar-refractivity contribution in [2.24, 2.45) is 0 Å². The maximum Gasteiger partial charge on any atom is 0.323 e. The van der Waals surface area contributed by atoms with Crippen molar-refractivity contribution in [2.75, 3.05) is 23.7 Å². The zero-order valence-corrected chi connectivity index (χ0v) is 15.4. The van der Waals surface area contributed by atoms with Gasteiger partial charge in [0.25, 0.3) is 0 Å². The van der Waals surface area contributed by atoms with Crippen molar-refractivity contribution < 1.29 is 9.90 Å². The van der Waals surface area contributed by atoms with Gasteiger partial charge in [-0.3, -0.25) is 0 Å². The third-order valence-corrected chi connectivity index (χ3v) is 6.33. The SMILES string of the molecule is O=C(Nc1ccccc1Br)Nc1csc(SN2CCCC2)c1O. The molecule has 3 rings (SSSR count). The molecule has 3 N–H and O–H groups in total. The summed E-state index contributed by atoms with van der Waals surface area (Å²) in [4.78, 5) is 12.1. The van der Waals surface area contributed by atoms with E-state index in [1.54, 1.807) is 23.4 Å². The molecule has 122 valence electrons. The second kappa shape index (κ2) is 7.57. The Morgan fingerprint density at radius 1 is 1.22 bits per heavy atom. The monoisotopic (exact) mass is 413 g/mol. The second-order valence-corrected chi connectivity index (χ2v) is 8.17. The highest BCUT2D eigenvalue weighted by molar-refractivity contribution is 9.10. The number of halogens is 1. The molecule has 2 heterocycles. The van der Waals surface area contributed by atoms with Gasteiger partial charge in [-0.1, -0.05) is 12.1 Å². The minimum atomic E-state index is -0.386. The van der Waals surface area contributed by atoms with Crippen molar-refractivity contribution >= 4 is 56.6 Å². The average molecular weight is 414 g/mol. The summed E-state index contributed by atoms with van der Waals surface area (Å²) in [6.07, 6.45) is 2.39. The summed E-state index contributed by atoms with van der Waals surface area (Å²) < 4.78 is 3.84. The first-order valence-electron chi connectivity index (χ1n) is 7.19. The molecule has 0 saturated carbocycles. The molecule has 0 unspecified atom stereocenters. The van der Waals surface area contributed by atoms with E-state index in [9.17, 15) is 9.90 Å². The highest BCUT2D eigenvalue weighted by atomic mass is 79.9. The minimum absolute atomic E-state index is 0.133. The number of thiophene rings is 1. The molecule has 1 saturated heterocycles. The van der Waals surface area contributed by atoms with Gasteiger partial charge < -0.3 is 15.7 Å². The van der Waals surface area contributed by atoms with Crippen molar-refractivity contribution in [1.82, 2.24) is 4.31 Å². The molecule has 1 aliphatic heterocycles. The summed E-state index contributed by atoms with van der Waals surface area (Å²) in [7, 11) is 0. The van der Waals surface area contributed by atoms with Gasteiger partial charge in [0.05, 0.1) is 11.4 Å². The van der Waals surface area contributed by atoms with Crippen LogP contribution in [-0.2, 0) is 0 Å². The van der Waals surface area contributed by atoms with Gasteiger partial charge in [0.2, 0.25) is 0 Å². The highest BCUT2D eigenvalue weighted by Crippen LogP contribution is 2.43. The molecule has 0 spiro atoms. The lowest BCUT2D eigenvalue weighted by Crippen LogP contribution is -2.19. The summed E-state index contributed by atoms with van der Waals surface area (Å²) in [6, 6.07) is 6.98. The van der Waals surface area contributed by atoms with Gasteiger partial charge in [-0.2, -0.15) is 0 Å². The summed E-state index contributed by atoms with van der Waals surface area (Å²) in [6.45, 7) is 2.07. The van der Waals surface area contributed by atoms with E-state index in [2.05, 4.69) is 30.9 Å². The number of rotatable bonds is 4. The molecule has 0 bridgehead atoms. The van der Waals surface area contributed by atoms with Crippen LogP contribution in [0, 0.1) is 0 Å². The van der Waals surface area contributed by atoms with E-state index in [0.717, 1.165) is 21.8 Å². The number of anilines is 2. The van der Waals surface area contributed by atoms with Gasteiger partial charge in [0, 0.05) is 22.9 Å². The maximum absolute atomic E-state index is 12.1. The first-order chi connectivity index (χ1) is 11.1. The van der Waals surface area contributed by atoms with Crippen molar-refractivity contribution in [3.8, 4) is 5.75 Å². The van der Waals surface area contributed by atoms with Crippen LogP contribution in [0.5, 0.6) is 5.75 Å². The molecule has 0 aliphatic carbocycles. The molecule has 2 amide bonds. The number of hydrogen-bond acceptors (Lipinski definition) is 5. The van der Waals surface area contributed by atoms with E-state index in [4.69, 9.17) is 0 Å². The predicted octanol–water partition coefficient (Wildman–Crippen LogP) is 4.96. The molecule has 1 aromatic heterocycles. The number of nitrogens with one attached hydrogen (secondary N) is 2. The maximum atomic E-state index is 12.1. The van der Waals surface area contributed by atoms with E-state index < -0.39 is 0 Å². The fourth-order valence-corrected chi connectivity index (χ4v) is 4.73. The number of aromatic hydroxyl groups is 1. The number of amides is 2. The number of urea groups is 1. The predicted molar refractivity (Wildman–Crippen MR) is 99.4 cm³/mol. The Bertz CT molecular complexity index is 702. The zero-order chi connectivity index (χ0) is 16.2. The zero-order valence-electron chi connectivity index (χ0n) is 12.2. The summed E-state index contributed by atoms with van der Waals surface area (Å²) in [5, 5.41) is 17.5. The fraction of sp³-hybridized carbons (Fsp3) is 0.267. The number of benzene rings is 1. The molecule has 2 aromatic rings. The average Bonchev–Trinajstić information content (AvgIpc) is 3.15. The Morgan fingerprint density at radius 2 is 1.91 bits per heavy atom.